The van der Waals surface area contributed by atoms with Gasteiger partial charge >= 0.3 is 0 Å². The van der Waals surface area contributed by atoms with E-state index in [-0.39, 0.29) is 23.0 Å². The molecule has 318 valence electrons. The van der Waals surface area contributed by atoms with E-state index in [1.54, 1.807) is 0 Å². The summed E-state index contributed by atoms with van der Waals surface area (Å²) in [6, 6.07) is 63.0. The monoisotopic (exact) mass is 842 g/mol. The predicted molar refractivity (Wildman–Crippen MR) is 277 cm³/mol. The second-order valence-corrected chi connectivity index (χ2v) is 21.4. The molecule has 0 aromatic heterocycles. The van der Waals surface area contributed by atoms with Crippen LogP contribution in [-0.2, 0) is 16.2 Å². The molecule has 9 aromatic carbocycles. The molecule has 2 heterocycles. The molecular weight excluding hydrogens is 787 g/mol. The number of ether oxygens (including phenoxy) is 2. The van der Waals surface area contributed by atoms with Gasteiger partial charge in [-0.2, -0.15) is 0 Å². The number of para-hydroxylation sites is 1. The molecule has 0 bridgehead atoms. The van der Waals surface area contributed by atoms with Crippen molar-refractivity contribution in [2.75, 3.05) is 0 Å². The first kappa shape index (κ1) is 40.9. The average Bonchev–Trinajstić information content (AvgIpc) is 3.29. The van der Waals surface area contributed by atoms with Crippen LogP contribution >= 0.6 is 0 Å². The maximum atomic E-state index is 7.06. The molecule has 65 heavy (non-hydrogen) atoms. The van der Waals surface area contributed by atoms with Gasteiger partial charge in [0.2, 0.25) is 0 Å². The van der Waals surface area contributed by atoms with E-state index >= 15 is 0 Å². The van der Waals surface area contributed by atoms with E-state index in [9.17, 15) is 0 Å². The van der Waals surface area contributed by atoms with Crippen molar-refractivity contribution in [1.82, 2.24) is 0 Å². The number of benzene rings is 9. The molecule has 0 atom stereocenters. The van der Waals surface area contributed by atoms with Gasteiger partial charge < -0.3 is 9.47 Å². The molecule has 0 fully saturated rings. The highest BCUT2D eigenvalue weighted by Crippen LogP contribution is 2.47. The Hall–Kier alpha value is -6.84. The van der Waals surface area contributed by atoms with E-state index in [0.717, 1.165) is 45.1 Å². The summed E-state index contributed by atoms with van der Waals surface area (Å²) in [4.78, 5) is 0. The van der Waals surface area contributed by atoms with Crippen LogP contribution in [-0.4, -0.2) is 6.71 Å². The highest BCUT2D eigenvalue weighted by molar-refractivity contribution is 6.98. The minimum atomic E-state index is -0.0397. The van der Waals surface area contributed by atoms with Gasteiger partial charge in [-0.25, -0.2) is 0 Å². The summed E-state index contributed by atoms with van der Waals surface area (Å²) in [5.74, 6) is 3.48. The van der Waals surface area contributed by atoms with Crippen LogP contribution < -0.4 is 25.9 Å². The van der Waals surface area contributed by atoms with Gasteiger partial charge in [-0.3, -0.25) is 0 Å². The molecular formula is C62H55BO2. The molecule has 2 nitrogen and oxygen atoms in total. The summed E-state index contributed by atoms with van der Waals surface area (Å²) < 4.78 is 14.0. The zero-order valence-electron chi connectivity index (χ0n) is 39.1. The van der Waals surface area contributed by atoms with Crippen molar-refractivity contribution < 1.29 is 9.47 Å². The fourth-order valence-corrected chi connectivity index (χ4v) is 10.2. The van der Waals surface area contributed by atoms with E-state index < -0.39 is 0 Å². The maximum Gasteiger partial charge on any atom is 0.260 e. The third-order valence-electron chi connectivity index (χ3n) is 13.8. The van der Waals surface area contributed by atoms with Crippen molar-refractivity contribution >= 4 is 44.6 Å². The second-order valence-electron chi connectivity index (χ2n) is 21.4. The first-order chi connectivity index (χ1) is 31.1. The van der Waals surface area contributed by atoms with Gasteiger partial charge in [0.25, 0.3) is 6.71 Å². The van der Waals surface area contributed by atoms with Gasteiger partial charge in [0.15, 0.2) is 0 Å². The van der Waals surface area contributed by atoms with Crippen LogP contribution in [0.4, 0.5) is 0 Å². The SMILES string of the molecule is CC(C)(C)c1cc(-c2cc(-c3cc4c5c(c3)Oc3cc(C(C)(C)C)ccc3B5c3ccccc3O4)cc(-c3c4ccccc4c(-c4ccccc4)c4ccccc34)c2)cc(C(C)(C)C)c1. The Labute approximate surface area is 385 Å². The lowest BCUT2D eigenvalue weighted by Gasteiger charge is -2.34. The normalized spacial score (nSPS) is 13.2. The minimum absolute atomic E-state index is 0.00419. The molecule has 0 N–H and O–H groups in total. The van der Waals surface area contributed by atoms with Crippen LogP contribution in [0.5, 0.6) is 23.0 Å². The lowest BCUT2D eigenvalue weighted by atomic mass is 9.34. The Balaban J connectivity index is 1.20. The van der Waals surface area contributed by atoms with Gasteiger partial charge in [-0.1, -0.05) is 190 Å². The fourth-order valence-electron chi connectivity index (χ4n) is 10.2. The van der Waals surface area contributed by atoms with Gasteiger partial charge in [0.05, 0.1) is 0 Å². The van der Waals surface area contributed by atoms with Crippen molar-refractivity contribution in [3.63, 3.8) is 0 Å². The van der Waals surface area contributed by atoms with Gasteiger partial charge in [0.1, 0.15) is 23.0 Å². The molecule has 9 aromatic rings. The molecule has 2 aliphatic heterocycles. The Morgan fingerprint density at radius 2 is 0.738 bits per heavy atom. The van der Waals surface area contributed by atoms with E-state index in [2.05, 4.69) is 232 Å². The van der Waals surface area contributed by atoms with Crippen molar-refractivity contribution in [3.8, 4) is 67.5 Å². The van der Waals surface area contributed by atoms with Crippen molar-refractivity contribution in [3.05, 3.63) is 187 Å². The standard InChI is InChI=1S/C62H55BO2/c1-60(2,3)44-27-28-52-54(37-44)65-56-35-42(34-55-59(56)63(52)51-25-17-18-26-53(51)64-55)40-29-39(41-32-45(61(4,5)6)36-46(33-41)62(7,8)9)30-43(31-40)58-49-23-15-13-21-47(49)57(38-19-11-10-12-20-38)48-22-14-16-24-50(48)58/h10-37H,1-9H3. The molecule has 0 saturated carbocycles. The number of hydrogen-bond donors (Lipinski definition) is 0. The zero-order chi connectivity index (χ0) is 45.0. The van der Waals surface area contributed by atoms with Gasteiger partial charge in [-0.15, -0.1) is 0 Å². The van der Waals surface area contributed by atoms with Crippen LogP contribution in [0.2, 0.25) is 0 Å². The van der Waals surface area contributed by atoms with E-state index in [1.807, 2.05) is 0 Å². The topological polar surface area (TPSA) is 18.5 Å². The Morgan fingerprint density at radius 1 is 0.308 bits per heavy atom. The minimum Gasteiger partial charge on any atom is -0.458 e. The van der Waals surface area contributed by atoms with Crippen LogP contribution in [0.25, 0.3) is 66.1 Å². The molecule has 0 aliphatic carbocycles. The summed E-state index contributed by atoms with van der Waals surface area (Å²) in [5.41, 5.74) is 16.6. The number of hydrogen-bond acceptors (Lipinski definition) is 2. The van der Waals surface area contributed by atoms with Crippen LogP contribution in [0.15, 0.2) is 170 Å². The van der Waals surface area contributed by atoms with Crippen molar-refractivity contribution in [2.24, 2.45) is 0 Å². The van der Waals surface area contributed by atoms with Gasteiger partial charge in [-0.05, 0) is 152 Å². The van der Waals surface area contributed by atoms with Crippen molar-refractivity contribution in [1.29, 1.82) is 0 Å². The van der Waals surface area contributed by atoms with Crippen LogP contribution in [0.3, 0.4) is 0 Å². The number of fused-ring (bicyclic) bond motifs is 6. The summed E-state index contributed by atoms with van der Waals surface area (Å²) >= 11 is 0. The Bertz CT molecular complexity index is 3280. The van der Waals surface area contributed by atoms with Gasteiger partial charge in [0, 0.05) is 5.46 Å². The summed E-state index contributed by atoms with van der Waals surface area (Å²) in [5, 5.41) is 4.93. The Kier molecular flexibility index (Phi) is 9.35. The predicted octanol–water partition coefficient (Wildman–Crippen LogP) is 15.3. The zero-order valence-corrected chi connectivity index (χ0v) is 39.1. The van der Waals surface area contributed by atoms with Crippen LogP contribution in [0, 0.1) is 0 Å². The van der Waals surface area contributed by atoms with E-state index in [4.69, 9.17) is 9.47 Å². The quantitative estimate of drug-likeness (QED) is 0.130. The van der Waals surface area contributed by atoms with E-state index in [0.29, 0.717) is 0 Å². The summed E-state index contributed by atoms with van der Waals surface area (Å²) in [6.07, 6.45) is 0. The molecule has 11 rings (SSSR count). The lowest BCUT2D eigenvalue weighted by molar-refractivity contribution is 0.463. The molecule has 0 unspecified atom stereocenters. The number of rotatable bonds is 4. The third kappa shape index (κ3) is 7.04. The maximum absolute atomic E-state index is 7.06. The highest BCUT2D eigenvalue weighted by atomic mass is 16.5. The highest BCUT2D eigenvalue weighted by Gasteiger charge is 2.41. The van der Waals surface area contributed by atoms with Crippen molar-refractivity contribution in [2.45, 2.75) is 78.6 Å². The molecule has 0 amide bonds. The lowest BCUT2D eigenvalue weighted by Crippen LogP contribution is -2.57. The van der Waals surface area contributed by atoms with E-state index in [1.165, 1.54) is 77.1 Å². The fraction of sp³-hybridized carbons (Fsp3) is 0.194. The molecule has 2 aliphatic rings. The average molecular weight is 843 g/mol. The summed E-state index contributed by atoms with van der Waals surface area (Å²) in [7, 11) is 0. The molecule has 0 radical (unpaired) electrons. The van der Waals surface area contributed by atoms with Crippen LogP contribution in [0.1, 0.15) is 79.0 Å². The third-order valence-corrected chi connectivity index (χ3v) is 13.8. The summed E-state index contributed by atoms with van der Waals surface area (Å²) in [6.45, 7) is 20.7. The molecule has 3 heteroatoms. The molecule has 0 spiro atoms. The smallest absolute Gasteiger partial charge is 0.260 e. The first-order valence-corrected chi connectivity index (χ1v) is 23.2. The molecule has 0 saturated heterocycles. The largest absolute Gasteiger partial charge is 0.458 e. The Morgan fingerprint density at radius 3 is 1.29 bits per heavy atom. The first-order valence-electron chi connectivity index (χ1n) is 23.2. The second kappa shape index (κ2) is 14.9.